The molecule has 4 N–H and O–H groups in total. The van der Waals surface area contributed by atoms with Gasteiger partial charge in [0.05, 0.1) is 5.46 Å². The molecule has 7 nitrogen and oxygen atoms in total. The summed E-state index contributed by atoms with van der Waals surface area (Å²) in [6.45, 7) is 8.05. The van der Waals surface area contributed by atoms with E-state index in [1.807, 2.05) is 0 Å². The quantitative estimate of drug-likeness (QED) is 0.337. The van der Waals surface area contributed by atoms with Crippen molar-refractivity contribution in [2.75, 3.05) is 0 Å². The summed E-state index contributed by atoms with van der Waals surface area (Å²) >= 11 is 0. The summed E-state index contributed by atoms with van der Waals surface area (Å²) in [5.41, 5.74) is 0.383. The second-order valence-corrected chi connectivity index (χ2v) is 9.74. The van der Waals surface area contributed by atoms with E-state index >= 15 is 0 Å². The van der Waals surface area contributed by atoms with Crippen LogP contribution in [0.2, 0.25) is 0 Å². The van der Waals surface area contributed by atoms with Crippen LogP contribution in [-0.2, 0) is 14.9 Å². The number of esters is 1. The molecule has 162 valence electrons. The second kappa shape index (κ2) is 6.92. The van der Waals surface area contributed by atoms with Crippen molar-refractivity contribution in [3.05, 3.63) is 17.4 Å². The van der Waals surface area contributed by atoms with Gasteiger partial charge in [0, 0.05) is 23.3 Å². The van der Waals surface area contributed by atoms with Gasteiger partial charge in [0.1, 0.15) is 11.3 Å². The zero-order valence-corrected chi connectivity index (χ0v) is 17.9. The molecule has 0 spiro atoms. The Bertz CT molecular complexity index is 1010. The molecule has 2 aromatic rings. The van der Waals surface area contributed by atoms with Crippen LogP contribution in [0, 0.1) is 11.3 Å². The molecule has 1 aromatic heterocycles. The molecule has 1 unspecified atom stereocenters. The van der Waals surface area contributed by atoms with Crippen LogP contribution in [0.15, 0.2) is 10.5 Å². The fourth-order valence-electron chi connectivity index (χ4n) is 6.20. The highest BCUT2D eigenvalue weighted by Crippen LogP contribution is 2.60. The van der Waals surface area contributed by atoms with Crippen molar-refractivity contribution in [3.63, 3.8) is 0 Å². The molecule has 3 atom stereocenters. The highest BCUT2D eigenvalue weighted by Gasteiger charge is 2.52. The number of carbonyl (C=O) groups is 1. The molecular weight excluding hydrogens is 387 g/mol. The fourth-order valence-corrected chi connectivity index (χ4v) is 6.20. The van der Waals surface area contributed by atoms with Gasteiger partial charge >= 0.3 is 13.1 Å². The van der Waals surface area contributed by atoms with Crippen LogP contribution in [0.3, 0.4) is 0 Å². The maximum atomic E-state index is 11.8. The van der Waals surface area contributed by atoms with E-state index in [0.717, 1.165) is 31.2 Å². The number of aromatic hydroxyl groups is 2. The van der Waals surface area contributed by atoms with Crippen LogP contribution in [0.1, 0.15) is 77.2 Å². The third-order valence-electron chi connectivity index (χ3n) is 7.37. The lowest BCUT2D eigenvalue weighted by Crippen LogP contribution is -2.44. The molecule has 2 aliphatic rings. The number of ether oxygens (including phenoxy) is 1. The number of fused-ring (bicyclic) bond motifs is 5. The lowest BCUT2D eigenvalue weighted by molar-refractivity contribution is -0.148. The Labute approximate surface area is 175 Å². The molecule has 1 heterocycles. The number of furan rings is 1. The van der Waals surface area contributed by atoms with Gasteiger partial charge in [0.15, 0.2) is 17.6 Å². The summed E-state index contributed by atoms with van der Waals surface area (Å²) in [6, 6.07) is 1.42. The molecule has 1 fully saturated rings. The Morgan fingerprint density at radius 1 is 1.20 bits per heavy atom. The van der Waals surface area contributed by atoms with E-state index in [4.69, 9.17) is 9.15 Å². The van der Waals surface area contributed by atoms with Crippen LogP contribution < -0.4 is 5.46 Å². The summed E-state index contributed by atoms with van der Waals surface area (Å²) < 4.78 is 11.8. The van der Waals surface area contributed by atoms with Gasteiger partial charge in [0.2, 0.25) is 0 Å². The molecule has 1 aromatic carbocycles. The minimum Gasteiger partial charge on any atom is -0.504 e. The van der Waals surface area contributed by atoms with Gasteiger partial charge in [-0.15, -0.1) is 0 Å². The Hall–Kier alpha value is -2.19. The molecular formula is C22H29BO7. The van der Waals surface area contributed by atoms with Gasteiger partial charge in [-0.1, -0.05) is 27.2 Å². The van der Waals surface area contributed by atoms with E-state index in [2.05, 4.69) is 20.8 Å². The summed E-state index contributed by atoms with van der Waals surface area (Å²) in [5.74, 6) is -0.755. The number of phenolic OH excluding ortho intramolecular Hbond substituents is 2. The molecule has 30 heavy (non-hydrogen) atoms. The minimum absolute atomic E-state index is 0.0528. The van der Waals surface area contributed by atoms with E-state index in [-0.39, 0.29) is 27.8 Å². The van der Waals surface area contributed by atoms with E-state index < -0.39 is 30.7 Å². The molecule has 0 radical (unpaired) electrons. The van der Waals surface area contributed by atoms with Crippen LogP contribution in [0.25, 0.3) is 11.0 Å². The Morgan fingerprint density at radius 2 is 1.90 bits per heavy atom. The van der Waals surface area contributed by atoms with Gasteiger partial charge in [-0.05, 0) is 43.1 Å². The van der Waals surface area contributed by atoms with Gasteiger partial charge < -0.3 is 29.4 Å². The van der Waals surface area contributed by atoms with Crippen LogP contribution in [-0.4, -0.2) is 33.3 Å². The predicted octanol–water partition coefficient (Wildman–Crippen LogP) is 3.01. The number of hydrogen-bond donors (Lipinski definition) is 4. The zero-order valence-electron chi connectivity index (χ0n) is 17.9. The van der Waals surface area contributed by atoms with Crippen molar-refractivity contribution in [1.82, 2.24) is 0 Å². The minimum atomic E-state index is -2.03. The van der Waals surface area contributed by atoms with Crippen molar-refractivity contribution in [3.8, 4) is 11.5 Å². The summed E-state index contributed by atoms with van der Waals surface area (Å²) in [5, 5.41) is 40.9. The maximum absolute atomic E-state index is 11.8. The summed E-state index contributed by atoms with van der Waals surface area (Å²) in [4.78, 5) is 11.8. The second-order valence-electron chi connectivity index (χ2n) is 9.74. The lowest BCUT2D eigenvalue weighted by atomic mass is 9.53. The van der Waals surface area contributed by atoms with Crippen LogP contribution in [0.5, 0.6) is 11.5 Å². The van der Waals surface area contributed by atoms with Gasteiger partial charge in [-0.25, -0.2) is 0 Å². The van der Waals surface area contributed by atoms with E-state index in [9.17, 15) is 25.1 Å². The Balaban J connectivity index is 2.08. The number of hydrogen-bond acceptors (Lipinski definition) is 7. The Kier molecular flexibility index (Phi) is 4.86. The zero-order chi connectivity index (χ0) is 22.0. The first kappa shape index (κ1) is 21.1. The average Bonchev–Trinajstić information content (AvgIpc) is 2.93. The highest BCUT2D eigenvalue weighted by molar-refractivity contribution is 6.63. The van der Waals surface area contributed by atoms with Crippen LogP contribution >= 0.6 is 0 Å². The van der Waals surface area contributed by atoms with E-state index in [1.165, 1.54) is 13.0 Å². The largest absolute Gasteiger partial charge is 0.504 e. The molecule has 8 heteroatoms. The topological polar surface area (TPSA) is 120 Å². The summed E-state index contributed by atoms with van der Waals surface area (Å²) in [6.07, 6.45) is 3.83. The third-order valence-corrected chi connectivity index (χ3v) is 7.37. The Morgan fingerprint density at radius 3 is 2.53 bits per heavy atom. The monoisotopic (exact) mass is 416 g/mol. The van der Waals surface area contributed by atoms with Crippen molar-refractivity contribution in [2.24, 2.45) is 11.3 Å². The molecule has 0 aliphatic heterocycles. The lowest BCUT2D eigenvalue weighted by Gasteiger charge is -2.50. The van der Waals surface area contributed by atoms with Crippen molar-refractivity contribution < 1.29 is 34.2 Å². The number of benzene rings is 1. The normalized spacial score (nSPS) is 27.8. The molecule has 0 bridgehead atoms. The van der Waals surface area contributed by atoms with E-state index in [0.29, 0.717) is 17.6 Å². The first-order valence-corrected chi connectivity index (χ1v) is 10.5. The molecule has 1 saturated carbocycles. The SMILES string of the molecule is CC(=O)OC1CC[C@@H]2C(C)(C)CCC[C@@]2(C)c2c1oc1c(B(O)O)c(O)c(O)cc21. The smallest absolute Gasteiger partial charge is 0.496 e. The van der Waals surface area contributed by atoms with Crippen LogP contribution in [0.4, 0.5) is 0 Å². The van der Waals surface area contributed by atoms with Crippen molar-refractivity contribution >= 4 is 29.5 Å². The first-order chi connectivity index (χ1) is 14.0. The van der Waals surface area contributed by atoms with Gasteiger partial charge in [0.25, 0.3) is 0 Å². The molecule has 2 aliphatic carbocycles. The maximum Gasteiger partial charge on any atom is 0.496 e. The third kappa shape index (κ3) is 3.00. The molecule has 4 rings (SSSR count). The van der Waals surface area contributed by atoms with Crippen molar-refractivity contribution in [1.29, 1.82) is 0 Å². The van der Waals surface area contributed by atoms with Gasteiger partial charge in [-0.3, -0.25) is 4.79 Å². The average molecular weight is 416 g/mol. The highest BCUT2D eigenvalue weighted by atomic mass is 16.6. The number of rotatable bonds is 2. The summed E-state index contributed by atoms with van der Waals surface area (Å²) in [7, 11) is -2.03. The molecule has 0 saturated heterocycles. The van der Waals surface area contributed by atoms with Gasteiger partial charge in [-0.2, -0.15) is 0 Å². The van der Waals surface area contributed by atoms with E-state index in [1.54, 1.807) is 0 Å². The molecule has 0 amide bonds. The predicted molar refractivity (Wildman–Crippen MR) is 112 cm³/mol. The van der Waals surface area contributed by atoms with Crippen molar-refractivity contribution in [2.45, 2.75) is 71.3 Å². The fraction of sp³-hybridized carbons (Fsp3) is 0.591. The standard InChI is InChI=1S/C22H29BO7/c1-11(24)29-14-6-7-15-21(2,3)8-5-9-22(15,4)16-12-10-13(25)18(26)17(23(27)28)19(12)30-20(14)16/h10,14-15,25-28H,5-9H2,1-4H3/t14?,15-,22-/m1/s1. The number of carbonyl (C=O) groups excluding carboxylic acids is 1. The number of phenols is 2. The first-order valence-electron chi connectivity index (χ1n) is 10.5.